The number of carbonyl (C=O) groups is 1. The standard InChI is InChI=1S/C14H17F3N2O2/c1-2-19(11-6-7-11)13(20)9-18-10-4-3-5-12(8-10)21-14(15,16)17/h3-5,8,11,18H,2,6-7,9H2,1H3. The van der Waals surface area contributed by atoms with Gasteiger partial charge in [-0.3, -0.25) is 4.79 Å². The van der Waals surface area contributed by atoms with Crippen LogP contribution in [0.2, 0.25) is 0 Å². The number of nitrogens with zero attached hydrogens (tertiary/aromatic N) is 1. The monoisotopic (exact) mass is 302 g/mol. The summed E-state index contributed by atoms with van der Waals surface area (Å²) in [6.45, 7) is 2.61. The van der Waals surface area contributed by atoms with Crippen molar-refractivity contribution in [2.45, 2.75) is 32.2 Å². The minimum Gasteiger partial charge on any atom is -0.406 e. The van der Waals surface area contributed by atoms with Crippen LogP contribution < -0.4 is 10.1 Å². The Morgan fingerprint density at radius 1 is 1.43 bits per heavy atom. The van der Waals surface area contributed by atoms with Gasteiger partial charge in [0.1, 0.15) is 5.75 Å². The lowest BCUT2D eigenvalue weighted by Crippen LogP contribution is -2.37. The zero-order valence-corrected chi connectivity index (χ0v) is 11.6. The first-order valence-corrected chi connectivity index (χ1v) is 6.78. The Kier molecular flexibility index (Phi) is 4.59. The number of nitrogens with one attached hydrogen (secondary N) is 1. The van der Waals surface area contributed by atoms with Gasteiger partial charge < -0.3 is 15.0 Å². The number of halogens is 3. The van der Waals surface area contributed by atoms with Crippen LogP contribution in [0.3, 0.4) is 0 Å². The molecule has 1 fully saturated rings. The summed E-state index contributed by atoms with van der Waals surface area (Å²) >= 11 is 0. The molecule has 0 bridgehead atoms. The summed E-state index contributed by atoms with van der Waals surface area (Å²) in [4.78, 5) is 13.8. The van der Waals surface area contributed by atoms with Crippen molar-refractivity contribution in [2.24, 2.45) is 0 Å². The topological polar surface area (TPSA) is 41.6 Å². The van der Waals surface area contributed by atoms with Crippen LogP contribution in [0, 0.1) is 0 Å². The summed E-state index contributed by atoms with van der Waals surface area (Å²) in [5.74, 6) is -0.364. The minimum atomic E-state index is -4.72. The molecule has 0 spiro atoms. The molecule has 0 radical (unpaired) electrons. The number of rotatable bonds is 6. The van der Waals surface area contributed by atoms with Crippen molar-refractivity contribution in [3.63, 3.8) is 0 Å². The van der Waals surface area contributed by atoms with Crippen LogP contribution in [0.5, 0.6) is 5.75 Å². The Labute approximate surface area is 120 Å². The smallest absolute Gasteiger partial charge is 0.406 e. The second kappa shape index (κ2) is 6.24. The molecule has 0 heterocycles. The molecule has 2 rings (SSSR count). The molecule has 21 heavy (non-hydrogen) atoms. The largest absolute Gasteiger partial charge is 0.573 e. The number of likely N-dealkylation sites (N-methyl/N-ethyl adjacent to an activating group) is 1. The Hall–Kier alpha value is -1.92. The molecule has 0 saturated heterocycles. The lowest BCUT2D eigenvalue weighted by molar-refractivity contribution is -0.274. The molecule has 7 heteroatoms. The van der Waals surface area contributed by atoms with E-state index in [0.29, 0.717) is 18.3 Å². The number of carbonyl (C=O) groups excluding carboxylic acids is 1. The number of hydrogen-bond donors (Lipinski definition) is 1. The Morgan fingerprint density at radius 2 is 2.14 bits per heavy atom. The highest BCUT2D eigenvalue weighted by Crippen LogP contribution is 2.27. The number of anilines is 1. The summed E-state index contributed by atoms with van der Waals surface area (Å²) in [7, 11) is 0. The van der Waals surface area contributed by atoms with Gasteiger partial charge in [0.15, 0.2) is 0 Å². The van der Waals surface area contributed by atoms with E-state index in [1.807, 2.05) is 6.92 Å². The summed E-state index contributed by atoms with van der Waals surface area (Å²) in [6, 6.07) is 5.78. The summed E-state index contributed by atoms with van der Waals surface area (Å²) in [5.41, 5.74) is 0.414. The number of alkyl halides is 3. The summed E-state index contributed by atoms with van der Waals surface area (Å²) in [6.07, 6.45) is -2.68. The Balaban J connectivity index is 1.90. The van der Waals surface area contributed by atoms with E-state index in [1.165, 1.54) is 18.2 Å². The average Bonchev–Trinajstić information content (AvgIpc) is 3.20. The third-order valence-electron chi connectivity index (χ3n) is 3.16. The van der Waals surface area contributed by atoms with E-state index in [0.717, 1.165) is 12.8 Å². The summed E-state index contributed by atoms with van der Waals surface area (Å²) in [5, 5.41) is 2.83. The first kappa shape index (κ1) is 15.5. The number of ether oxygens (including phenoxy) is 1. The van der Waals surface area contributed by atoms with Crippen molar-refractivity contribution >= 4 is 11.6 Å². The van der Waals surface area contributed by atoms with Crippen LogP contribution in [0.4, 0.5) is 18.9 Å². The number of hydrogen-bond acceptors (Lipinski definition) is 3. The first-order chi connectivity index (χ1) is 9.89. The normalized spacial score (nSPS) is 14.7. The fourth-order valence-electron chi connectivity index (χ4n) is 2.11. The highest BCUT2D eigenvalue weighted by Gasteiger charge is 2.32. The Bertz CT molecular complexity index is 501. The van der Waals surface area contributed by atoms with Gasteiger partial charge >= 0.3 is 6.36 Å². The maximum atomic E-state index is 12.1. The average molecular weight is 302 g/mol. The predicted molar refractivity (Wildman–Crippen MR) is 72.0 cm³/mol. The van der Waals surface area contributed by atoms with Gasteiger partial charge in [0.25, 0.3) is 0 Å². The lowest BCUT2D eigenvalue weighted by Gasteiger charge is -2.20. The maximum absolute atomic E-state index is 12.1. The molecule has 1 aromatic rings. The molecule has 0 aromatic heterocycles. The van der Waals surface area contributed by atoms with Crippen molar-refractivity contribution in [1.29, 1.82) is 0 Å². The van der Waals surface area contributed by atoms with E-state index in [-0.39, 0.29) is 18.2 Å². The first-order valence-electron chi connectivity index (χ1n) is 6.78. The van der Waals surface area contributed by atoms with E-state index in [9.17, 15) is 18.0 Å². The van der Waals surface area contributed by atoms with E-state index in [4.69, 9.17) is 0 Å². The van der Waals surface area contributed by atoms with Gasteiger partial charge in [-0.2, -0.15) is 0 Å². The van der Waals surface area contributed by atoms with Gasteiger partial charge in [0.05, 0.1) is 6.54 Å². The van der Waals surface area contributed by atoms with Crippen molar-refractivity contribution in [3.05, 3.63) is 24.3 Å². The molecule has 1 amide bonds. The molecule has 1 aliphatic carbocycles. The molecule has 4 nitrogen and oxygen atoms in total. The van der Waals surface area contributed by atoms with Crippen LogP contribution in [-0.2, 0) is 4.79 Å². The second-order valence-electron chi connectivity index (χ2n) is 4.84. The second-order valence-corrected chi connectivity index (χ2v) is 4.84. The molecule has 1 aliphatic rings. The third kappa shape index (κ3) is 4.84. The van der Waals surface area contributed by atoms with Crippen molar-refractivity contribution in [2.75, 3.05) is 18.4 Å². The van der Waals surface area contributed by atoms with Crippen molar-refractivity contribution < 1.29 is 22.7 Å². The van der Waals surface area contributed by atoms with Gasteiger partial charge in [0.2, 0.25) is 5.91 Å². The van der Waals surface area contributed by atoms with E-state index in [2.05, 4.69) is 10.1 Å². The van der Waals surface area contributed by atoms with Crippen LogP contribution in [0.25, 0.3) is 0 Å². The van der Waals surface area contributed by atoms with Gasteiger partial charge in [0, 0.05) is 24.3 Å². The number of amides is 1. The van der Waals surface area contributed by atoms with E-state index in [1.54, 1.807) is 11.0 Å². The van der Waals surface area contributed by atoms with Crippen LogP contribution >= 0.6 is 0 Å². The molecular formula is C14H17F3N2O2. The molecule has 0 aliphatic heterocycles. The maximum Gasteiger partial charge on any atom is 0.573 e. The molecule has 1 N–H and O–H groups in total. The number of benzene rings is 1. The van der Waals surface area contributed by atoms with Gasteiger partial charge in [-0.05, 0) is 31.9 Å². The van der Waals surface area contributed by atoms with E-state index >= 15 is 0 Å². The van der Waals surface area contributed by atoms with Gasteiger partial charge in [-0.1, -0.05) is 6.07 Å². The van der Waals surface area contributed by atoms with Crippen molar-refractivity contribution in [3.8, 4) is 5.75 Å². The third-order valence-corrected chi connectivity index (χ3v) is 3.16. The zero-order valence-electron chi connectivity index (χ0n) is 11.6. The molecule has 1 saturated carbocycles. The quantitative estimate of drug-likeness (QED) is 0.878. The summed E-state index contributed by atoms with van der Waals surface area (Å²) < 4.78 is 40.2. The Morgan fingerprint density at radius 3 is 2.71 bits per heavy atom. The fraction of sp³-hybridized carbons (Fsp3) is 0.500. The molecular weight excluding hydrogens is 285 g/mol. The van der Waals surface area contributed by atoms with Crippen LogP contribution in [-0.4, -0.2) is 36.3 Å². The molecule has 0 unspecified atom stereocenters. The highest BCUT2D eigenvalue weighted by molar-refractivity contribution is 5.81. The van der Waals surface area contributed by atoms with Crippen molar-refractivity contribution in [1.82, 2.24) is 4.90 Å². The van der Waals surface area contributed by atoms with Gasteiger partial charge in [-0.15, -0.1) is 13.2 Å². The van der Waals surface area contributed by atoms with E-state index < -0.39 is 6.36 Å². The van der Waals surface area contributed by atoms with Crippen LogP contribution in [0.1, 0.15) is 19.8 Å². The predicted octanol–water partition coefficient (Wildman–Crippen LogP) is 3.01. The molecule has 116 valence electrons. The lowest BCUT2D eigenvalue weighted by atomic mass is 10.3. The highest BCUT2D eigenvalue weighted by atomic mass is 19.4. The fourth-order valence-corrected chi connectivity index (χ4v) is 2.11. The van der Waals surface area contributed by atoms with Crippen LogP contribution in [0.15, 0.2) is 24.3 Å². The van der Waals surface area contributed by atoms with Gasteiger partial charge in [-0.25, -0.2) is 0 Å². The molecule has 0 atom stereocenters. The molecule has 1 aromatic carbocycles. The zero-order chi connectivity index (χ0) is 15.5. The minimum absolute atomic E-state index is 0.0536. The SMILES string of the molecule is CCN(C(=O)CNc1cccc(OC(F)(F)F)c1)C1CC1.